The summed E-state index contributed by atoms with van der Waals surface area (Å²) in [6.45, 7) is 4.08. The summed E-state index contributed by atoms with van der Waals surface area (Å²) in [6, 6.07) is 7.40. The molecule has 0 unspecified atom stereocenters. The number of hydrogen-bond donors (Lipinski definition) is 0. The fraction of sp³-hybridized carbons (Fsp3) is 0.421. The molecule has 1 saturated heterocycles. The third-order valence-corrected chi connectivity index (χ3v) is 4.38. The molecule has 1 aliphatic rings. The van der Waals surface area contributed by atoms with Crippen molar-refractivity contribution in [1.29, 1.82) is 0 Å². The number of hydrogen-bond acceptors (Lipinski definition) is 5. The molecule has 2 amide bonds. The molecule has 1 aromatic carbocycles. The molecule has 2 heterocycles. The van der Waals surface area contributed by atoms with Crippen molar-refractivity contribution in [2.75, 3.05) is 32.8 Å². The molecule has 7 nitrogen and oxygen atoms in total. The molecule has 1 fully saturated rings. The van der Waals surface area contributed by atoms with Gasteiger partial charge in [0.25, 0.3) is 5.91 Å². The predicted octanol–water partition coefficient (Wildman–Crippen LogP) is 2.27. The Kier molecular flexibility index (Phi) is 6.05. The normalized spacial score (nSPS) is 14.3. The molecule has 3 rings (SSSR count). The van der Waals surface area contributed by atoms with E-state index in [4.69, 9.17) is 9.26 Å². The van der Waals surface area contributed by atoms with Crippen molar-refractivity contribution in [3.05, 3.63) is 47.6 Å². The van der Waals surface area contributed by atoms with Crippen LogP contribution in [0.5, 0.6) is 5.75 Å². The van der Waals surface area contributed by atoms with E-state index in [1.807, 2.05) is 0 Å². The smallest absolute Gasteiger partial charge is 0.292 e. The lowest BCUT2D eigenvalue weighted by Gasteiger charge is -2.34. The van der Waals surface area contributed by atoms with Gasteiger partial charge in [-0.3, -0.25) is 9.59 Å². The molecular weight excluding hydrogens is 353 g/mol. The predicted molar refractivity (Wildman–Crippen MR) is 94.9 cm³/mol. The molecule has 0 aliphatic carbocycles. The number of piperazine rings is 1. The zero-order chi connectivity index (χ0) is 19.2. The quantitative estimate of drug-likeness (QED) is 0.724. The molecule has 144 valence electrons. The molecule has 0 bridgehead atoms. The highest BCUT2D eigenvalue weighted by atomic mass is 19.1. The van der Waals surface area contributed by atoms with E-state index in [2.05, 4.69) is 5.16 Å². The zero-order valence-electron chi connectivity index (χ0n) is 15.2. The van der Waals surface area contributed by atoms with Crippen LogP contribution < -0.4 is 4.74 Å². The Morgan fingerprint density at radius 1 is 1.15 bits per heavy atom. The van der Waals surface area contributed by atoms with Gasteiger partial charge in [0.1, 0.15) is 11.6 Å². The maximum Gasteiger partial charge on any atom is 0.292 e. The summed E-state index contributed by atoms with van der Waals surface area (Å²) in [7, 11) is 0. The lowest BCUT2D eigenvalue weighted by atomic mass is 10.2. The van der Waals surface area contributed by atoms with Crippen molar-refractivity contribution in [1.82, 2.24) is 15.0 Å². The van der Waals surface area contributed by atoms with Crippen LogP contribution in [0.1, 0.15) is 29.1 Å². The van der Waals surface area contributed by atoms with E-state index in [9.17, 15) is 14.0 Å². The minimum absolute atomic E-state index is 0.0420. The summed E-state index contributed by atoms with van der Waals surface area (Å²) in [5.41, 5.74) is 0.662. The average Bonchev–Trinajstić information content (AvgIpc) is 3.12. The molecule has 1 aromatic heterocycles. The highest BCUT2D eigenvalue weighted by Crippen LogP contribution is 2.13. The molecule has 0 spiro atoms. The van der Waals surface area contributed by atoms with E-state index in [1.165, 1.54) is 12.1 Å². The largest absolute Gasteiger partial charge is 0.494 e. The summed E-state index contributed by atoms with van der Waals surface area (Å²) in [4.78, 5) is 28.0. The summed E-state index contributed by atoms with van der Waals surface area (Å²) in [5.74, 6) is 0.341. The van der Waals surface area contributed by atoms with Gasteiger partial charge in [0, 0.05) is 38.7 Å². The Bertz CT molecular complexity index is 783. The summed E-state index contributed by atoms with van der Waals surface area (Å²) in [5, 5.41) is 3.73. The van der Waals surface area contributed by atoms with Gasteiger partial charge in [-0.15, -0.1) is 0 Å². The van der Waals surface area contributed by atoms with Gasteiger partial charge in [-0.1, -0.05) is 5.16 Å². The molecule has 0 N–H and O–H groups in total. The van der Waals surface area contributed by atoms with Gasteiger partial charge in [-0.2, -0.15) is 0 Å². The number of nitrogens with zero attached hydrogens (tertiary/aromatic N) is 3. The first-order chi connectivity index (χ1) is 13.0. The van der Waals surface area contributed by atoms with Crippen LogP contribution in [0.4, 0.5) is 4.39 Å². The molecular formula is C19H22FN3O4. The summed E-state index contributed by atoms with van der Waals surface area (Å²) >= 11 is 0. The van der Waals surface area contributed by atoms with Crippen molar-refractivity contribution >= 4 is 11.8 Å². The lowest BCUT2D eigenvalue weighted by Crippen LogP contribution is -2.50. The van der Waals surface area contributed by atoms with Crippen LogP contribution in [0.15, 0.2) is 34.9 Å². The van der Waals surface area contributed by atoms with E-state index in [0.717, 1.165) is 0 Å². The monoisotopic (exact) mass is 375 g/mol. The average molecular weight is 375 g/mol. The van der Waals surface area contributed by atoms with E-state index < -0.39 is 0 Å². The Morgan fingerprint density at radius 3 is 2.44 bits per heavy atom. The van der Waals surface area contributed by atoms with Gasteiger partial charge < -0.3 is 19.1 Å². The van der Waals surface area contributed by atoms with E-state index in [-0.39, 0.29) is 23.4 Å². The Hall–Kier alpha value is -2.90. The lowest BCUT2D eigenvalue weighted by molar-refractivity contribution is -0.132. The molecule has 1 aliphatic heterocycles. The van der Waals surface area contributed by atoms with Gasteiger partial charge in [0.15, 0.2) is 0 Å². The van der Waals surface area contributed by atoms with Crippen molar-refractivity contribution in [2.45, 2.75) is 19.8 Å². The number of carbonyl (C=O) groups is 2. The van der Waals surface area contributed by atoms with Crippen molar-refractivity contribution in [2.24, 2.45) is 0 Å². The molecule has 8 heteroatoms. The maximum absolute atomic E-state index is 12.8. The number of halogens is 1. The van der Waals surface area contributed by atoms with Crippen LogP contribution >= 0.6 is 0 Å². The maximum atomic E-state index is 12.8. The van der Waals surface area contributed by atoms with Crippen molar-refractivity contribution < 1.29 is 23.2 Å². The molecule has 0 radical (unpaired) electrons. The fourth-order valence-electron chi connectivity index (χ4n) is 2.88. The van der Waals surface area contributed by atoms with Crippen LogP contribution in [0, 0.1) is 12.7 Å². The number of carbonyl (C=O) groups excluding carboxylic acids is 2. The number of aromatic nitrogens is 1. The minimum atomic E-state index is -0.311. The Labute approximate surface area is 156 Å². The Morgan fingerprint density at radius 2 is 1.81 bits per heavy atom. The number of aryl methyl sites for hydroxylation is 1. The highest BCUT2D eigenvalue weighted by Gasteiger charge is 2.26. The van der Waals surface area contributed by atoms with Gasteiger partial charge in [0.05, 0.1) is 12.3 Å². The zero-order valence-corrected chi connectivity index (χ0v) is 15.2. The highest BCUT2D eigenvalue weighted by molar-refractivity contribution is 5.91. The number of rotatable bonds is 6. The van der Waals surface area contributed by atoms with Crippen molar-refractivity contribution in [3.8, 4) is 5.75 Å². The summed E-state index contributed by atoms with van der Waals surface area (Å²) in [6.07, 6.45) is 0.948. The van der Waals surface area contributed by atoms with Gasteiger partial charge in [-0.25, -0.2) is 4.39 Å². The van der Waals surface area contributed by atoms with E-state index in [0.29, 0.717) is 57.1 Å². The number of ether oxygens (including phenoxy) is 1. The van der Waals surface area contributed by atoms with E-state index in [1.54, 1.807) is 34.9 Å². The van der Waals surface area contributed by atoms with Crippen LogP contribution in [0.2, 0.25) is 0 Å². The first-order valence-corrected chi connectivity index (χ1v) is 8.91. The third kappa shape index (κ3) is 5.06. The van der Waals surface area contributed by atoms with E-state index >= 15 is 0 Å². The first kappa shape index (κ1) is 18.9. The van der Waals surface area contributed by atoms with Gasteiger partial charge in [0.2, 0.25) is 11.7 Å². The minimum Gasteiger partial charge on any atom is -0.494 e. The second-order valence-electron chi connectivity index (χ2n) is 6.41. The van der Waals surface area contributed by atoms with Crippen LogP contribution in [-0.2, 0) is 4.79 Å². The standard InChI is InChI=1S/C19H22FN3O4/c1-14-13-17(27-21-14)19(25)23-10-8-22(9-11-23)18(24)3-2-12-26-16-6-4-15(20)5-7-16/h4-7,13H,2-3,8-12H2,1H3. The summed E-state index contributed by atoms with van der Waals surface area (Å²) < 4.78 is 23.3. The van der Waals surface area contributed by atoms with Crippen LogP contribution in [0.25, 0.3) is 0 Å². The van der Waals surface area contributed by atoms with Gasteiger partial charge >= 0.3 is 0 Å². The van der Waals surface area contributed by atoms with Crippen LogP contribution in [0.3, 0.4) is 0 Å². The Balaban J connectivity index is 1.37. The fourth-order valence-corrected chi connectivity index (χ4v) is 2.88. The first-order valence-electron chi connectivity index (χ1n) is 8.91. The molecule has 2 aromatic rings. The second kappa shape index (κ2) is 8.66. The van der Waals surface area contributed by atoms with Gasteiger partial charge in [-0.05, 0) is 37.6 Å². The number of amides is 2. The molecule has 27 heavy (non-hydrogen) atoms. The SMILES string of the molecule is Cc1cc(C(=O)N2CCN(C(=O)CCCOc3ccc(F)cc3)CC2)on1. The second-order valence-corrected chi connectivity index (χ2v) is 6.41. The van der Waals surface area contributed by atoms with Crippen LogP contribution in [-0.4, -0.2) is 59.6 Å². The third-order valence-electron chi connectivity index (χ3n) is 4.38. The topological polar surface area (TPSA) is 75.9 Å². The number of benzene rings is 1. The molecule has 0 atom stereocenters. The van der Waals surface area contributed by atoms with Crippen molar-refractivity contribution in [3.63, 3.8) is 0 Å². The molecule has 0 saturated carbocycles.